The monoisotopic (exact) mass is 204 g/mol. The van der Waals surface area contributed by atoms with Gasteiger partial charge in [-0.2, -0.15) is 0 Å². The molecule has 2 atom stereocenters. The number of hydrogen-bond acceptors (Lipinski definition) is 0. The Kier molecular flexibility index (Phi) is 3.04. The minimum absolute atomic E-state index is 0.785. The van der Waals surface area contributed by atoms with Crippen LogP contribution in [0.1, 0.15) is 53.4 Å². The van der Waals surface area contributed by atoms with E-state index in [0.29, 0.717) is 0 Å². The Hall–Kier alpha value is -0.520. The average molecular weight is 204 g/mol. The van der Waals surface area contributed by atoms with E-state index in [0.717, 1.165) is 17.8 Å². The molecule has 0 unspecified atom stereocenters. The van der Waals surface area contributed by atoms with E-state index in [1.54, 1.807) is 16.7 Å². The highest BCUT2D eigenvalue weighted by Crippen LogP contribution is 2.44. The molecule has 0 aromatic carbocycles. The molecule has 0 nitrogen and oxygen atoms in total. The molecule has 2 aliphatic carbocycles. The summed E-state index contributed by atoms with van der Waals surface area (Å²) in [6.07, 6.45) is 7.95. The fourth-order valence-corrected chi connectivity index (χ4v) is 3.34. The second kappa shape index (κ2) is 4.15. The minimum Gasteiger partial charge on any atom is -0.0781 e. The van der Waals surface area contributed by atoms with Gasteiger partial charge in [-0.3, -0.25) is 0 Å². The van der Waals surface area contributed by atoms with Crippen LogP contribution in [-0.4, -0.2) is 0 Å². The lowest BCUT2D eigenvalue weighted by molar-refractivity contribution is 0.277. The first kappa shape index (κ1) is 11.0. The van der Waals surface area contributed by atoms with Crippen LogP contribution >= 0.6 is 0 Å². The van der Waals surface area contributed by atoms with Crippen LogP contribution in [0.2, 0.25) is 0 Å². The molecule has 0 aromatic heterocycles. The van der Waals surface area contributed by atoms with Gasteiger partial charge < -0.3 is 0 Å². The summed E-state index contributed by atoms with van der Waals surface area (Å²) in [5.74, 6) is 2.52. The summed E-state index contributed by atoms with van der Waals surface area (Å²) < 4.78 is 0. The zero-order chi connectivity index (χ0) is 11.0. The Morgan fingerprint density at radius 2 is 1.87 bits per heavy atom. The van der Waals surface area contributed by atoms with Crippen LogP contribution in [0.5, 0.6) is 0 Å². The lowest BCUT2D eigenvalue weighted by atomic mass is 9.67. The maximum atomic E-state index is 2.56. The standard InChI is InChI=1S/C15H24/c1-10(2)13-8-6-12(4)14-7-5-11(3)9-15(13)14/h9-10,13,15H,5-8H2,1-4H3/t13-,15+/m1/s1. The van der Waals surface area contributed by atoms with E-state index >= 15 is 0 Å². The summed E-state index contributed by atoms with van der Waals surface area (Å²) in [5, 5.41) is 0. The average Bonchev–Trinajstić information content (AvgIpc) is 2.17. The van der Waals surface area contributed by atoms with Gasteiger partial charge in [-0.1, -0.05) is 36.6 Å². The normalized spacial score (nSPS) is 31.7. The molecule has 0 fully saturated rings. The molecular weight excluding hydrogens is 180 g/mol. The van der Waals surface area contributed by atoms with Crippen LogP contribution < -0.4 is 0 Å². The lowest BCUT2D eigenvalue weighted by Gasteiger charge is -2.38. The van der Waals surface area contributed by atoms with Crippen molar-refractivity contribution in [1.82, 2.24) is 0 Å². The van der Waals surface area contributed by atoms with E-state index in [4.69, 9.17) is 0 Å². The third-order valence-electron chi connectivity index (χ3n) is 4.37. The van der Waals surface area contributed by atoms with Gasteiger partial charge in [-0.15, -0.1) is 0 Å². The number of allylic oxidation sites excluding steroid dienone is 4. The smallest absolute Gasteiger partial charge is 0.00128 e. The molecule has 0 saturated carbocycles. The summed E-state index contributed by atoms with van der Waals surface area (Å²) in [6, 6.07) is 0. The topological polar surface area (TPSA) is 0 Å². The van der Waals surface area contributed by atoms with E-state index in [-0.39, 0.29) is 0 Å². The van der Waals surface area contributed by atoms with Crippen molar-refractivity contribution < 1.29 is 0 Å². The predicted octanol–water partition coefficient (Wildman–Crippen LogP) is 4.73. The maximum absolute atomic E-state index is 2.56. The van der Waals surface area contributed by atoms with Gasteiger partial charge in [0.25, 0.3) is 0 Å². The van der Waals surface area contributed by atoms with Crippen LogP contribution in [0, 0.1) is 17.8 Å². The van der Waals surface area contributed by atoms with Crippen molar-refractivity contribution in [1.29, 1.82) is 0 Å². The van der Waals surface area contributed by atoms with Gasteiger partial charge in [0.15, 0.2) is 0 Å². The number of rotatable bonds is 1. The fraction of sp³-hybridized carbons (Fsp3) is 0.733. The van der Waals surface area contributed by atoms with Crippen molar-refractivity contribution >= 4 is 0 Å². The van der Waals surface area contributed by atoms with Gasteiger partial charge in [-0.25, -0.2) is 0 Å². The summed E-state index contributed by atoms with van der Waals surface area (Å²) in [7, 11) is 0. The largest absolute Gasteiger partial charge is 0.0781 e. The van der Waals surface area contributed by atoms with Crippen molar-refractivity contribution in [3.63, 3.8) is 0 Å². The van der Waals surface area contributed by atoms with Crippen molar-refractivity contribution in [2.24, 2.45) is 17.8 Å². The van der Waals surface area contributed by atoms with Crippen molar-refractivity contribution in [3.05, 3.63) is 22.8 Å². The zero-order valence-corrected chi connectivity index (χ0v) is 10.6. The SMILES string of the molecule is CC1=C[C@@H]2C(=C(C)CC[C@@H]2C(C)C)CC1. The highest BCUT2D eigenvalue weighted by molar-refractivity contribution is 5.30. The molecule has 0 heterocycles. The van der Waals surface area contributed by atoms with Gasteiger partial charge in [-0.05, 0) is 51.4 Å². The molecule has 0 saturated heterocycles. The third kappa shape index (κ3) is 2.04. The van der Waals surface area contributed by atoms with Crippen LogP contribution in [0.15, 0.2) is 22.8 Å². The lowest BCUT2D eigenvalue weighted by Crippen LogP contribution is -2.27. The second-order valence-electron chi connectivity index (χ2n) is 5.79. The molecule has 0 N–H and O–H groups in total. The van der Waals surface area contributed by atoms with Crippen molar-refractivity contribution in [2.75, 3.05) is 0 Å². The molecule has 0 heteroatoms. The van der Waals surface area contributed by atoms with Gasteiger partial charge in [0.1, 0.15) is 0 Å². The highest BCUT2D eigenvalue weighted by atomic mass is 14.4. The molecule has 0 aromatic rings. The first-order valence-electron chi connectivity index (χ1n) is 6.45. The molecule has 2 rings (SSSR count). The number of hydrogen-bond donors (Lipinski definition) is 0. The van der Waals surface area contributed by atoms with Gasteiger partial charge in [0.2, 0.25) is 0 Å². The Bertz CT molecular complexity index is 304. The first-order valence-corrected chi connectivity index (χ1v) is 6.45. The molecule has 0 radical (unpaired) electrons. The molecule has 15 heavy (non-hydrogen) atoms. The van der Waals surface area contributed by atoms with Crippen LogP contribution in [0.4, 0.5) is 0 Å². The minimum atomic E-state index is 0.785. The van der Waals surface area contributed by atoms with E-state index in [1.165, 1.54) is 25.7 Å². The maximum Gasteiger partial charge on any atom is 0.00128 e. The quantitative estimate of drug-likeness (QED) is 0.542. The summed E-state index contributed by atoms with van der Waals surface area (Å²) >= 11 is 0. The van der Waals surface area contributed by atoms with E-state index < -0.39 is 0 Å². The van der Waals surface area contributed by atoms with Crippen LogP contribution in [0.3, 0.4) is 0 Å². The van der Waals surface area contributed by atoms with E-state index in [9.17, 15) is 0 Å². The van der Waals surface area contributed by atoms with E-state index in [2.05, 4.69) is 33.8 Å². The molecule has 0 amide bonds. The summed E-state index contributed by atoms with van der Waals surface area (Å²) in [5.41, 5.74) is 5.09. The van der Waals surface area contributed by atoms with Gasteiger partial charge >= 0.3 is 0 Å². The second-order valence-corrected chi connectivity index (χ2v) is 5.79. The third-order valence-corrected chi connectivity index (χ3v) is 4.37. The summed E-state index contributed by atoms with van der Waals surface area (Å²) in [4.78, 5) is 0. The fourth-order valence-electron chi connectivity index (χ4n) is 3.34. The first-order chi connectivity index (χ1) is 7.09. The number of fused-ring (bicyclic) bond motifs is 1. The van der Waals surface area contributed by atoms with E-state index in [1.807, 2.05) is 0 Å². The molecule has 2 aliphatic rings. The van der Waals surface area contributed by atoms with Crippen LogP contribution in [0.25, 0.3) is 0 Å². The Morgan fingerprint density at radius 3 is 2.53 bits per heavy atom. The zero-order valence-electron chi connectivity index (χ0n) is 10.6. The molecule has 0 spiro atoms. The molecule has 84 valence electrons. The Labute approximate surface area is 94.5 Å². The Morgan fingerprint density at radius 1 is 1.13 bits per heavy atom. The van der Waals surface area contributed by atoms with Crippen LogP contribution in [-0.2, 0) is 0 Å². The highest BCUT2D eigenvalue weighted by Gasteiger charge is 2.32. The van der Waals surface area contributed by atoms with Crippen molar-refractivity contribution in [2.45, 2.75) is 53.4 Å². The summed E-state index contributed by atoms with van der Waals surface area (Å²) in [6.45, 7) is 9.44. The molecule has 0 aliphatic heterocycles. The molecular formula is C15H24. The van der Waals surface area contributed by atoms with Gasteiger partial charge in [0, 0.05) is 5.92 Å². The molecule has 0 bridgehead atoms. The Balaban J connectivity index is 2.33. The van der Waals surface area contributed by atoms with Crippen molar-refractivity contribution in [3.8, 4) is 0 Å². The predicted molar refractivity (Wildman–Crippen MR) is 66.7 cm³/mol. The van der Waals surface area contributed by atoms with Gasteiger partial charge in [0.05, 0.1) is 0 Å².